The largest absolute Gasteiger partial charge is 0.355 e. The van der Waals surface area contributed by atoms with Gasteiger partial charge < -0.3 is 10.2 Å². The number of halogens is 3. The molecule has 0 aliphatic carbocycles. The van der Waals surface area contributed by atoms with Crippen LogP contribution < -0.4 is 9.62 Å². The number of carbonyl (C=O) groups excluding carboxylic acids is 2. The van der Waals surface area contributed by atoms with Crippen molar-refractivity contribution in [3.63, 3.8) is 0 Å². The van der Waals surface area contributed by atoms with E-state index < -0.39 is 40.2 Å². The number of hydrogen-bond donors (Lipinski definition) is 1. The van der Waals surface area contributed by atoms with Gasteiger partial charge in [-0.25, -0.2) is 12.8 Å². The number of sulfonamides is 1. The van der Waals surface area contributed by atoms with Crippen molar-refractivity contribution >= 4 is 50.7 Å². The van der Waals surface area contributed by atoms with Crippen LogP contribution in [-0.4, -0.2) is 44.3 Å². The van der Waals surface area contributed by atoms with Gasteiger partial charge in [0.1, 0.15) is 18.4 Å². The summed E-state index contributed by atoms with van der Waals surface area (Å²) in [7, 11) is -4.37. The van der Waals surface area contributed by atoms with E-state index >= 15 is 0 Å². The van der Waals surface area contributed by atoms with E-state index in [1.54, 1.807) is 44.2 Å². The van der Waals surface area contributed by atoms with E-state index in [0.717, 1.165) is 11.6 Å². The molecule has 3 aromatic carbocycles. The topological polar surface area (TPSA) is 86.8 Å². The fourth-order valence-electron chi connectivity index (χ4n) is 3.76. The Morgan fingerprint density at radius 3 is 2.16 bits per heavy atom. The van der Waals surface area contributed by atoms with Crippen LogP contribution in [0, 0.1) is 12.7 Å². The summed E-state index contributed by atoms with van der Waals surface area (Å²) < 4.78 is 43.0. The molecule has 1 N–H and O–H groups in total. The normalized spacial score (nSPS) is 12.1. The van der Waals surface area contributed by atoms with Gasteiger partial charge in [0.25, 0.3) is 10.0 Å². The van der Waals surface area contributed by atoms with Gasteiger partial charge in [0, 0.05) is 28.7 Å². The highest BCUT2D eigenvalue weighted by molar-refractivity contribution is 7.92. The summed E-state index contributed by atoms with van der Waals surface area (Å²) in [6.07, 6.45) is 0. The molecule has 3 rings (SSSR count). The van der Waals surface area contributed by atoms with E-state index in [1.165, 1.54) is 42.2 Å². The minimum atomic E-state index is -4.37. The zero-order valence-electron chi connectivity index (χ0n) is 21.1. The summed E-state index contributed by atoms with van der Waals surface area (Å²) in [6, 6.07) is 15.1. The highest BCUT2D eigenvalue weighted by Crippen LogP contribution is 2.29. The summed E-state index contributed by atoms with van der Waals surface area (Å²) >= 11 is 12.7. The van der Waals surface area contributed by atoms with E-state index in [1.807, 2.05) is 0 Å². The first-order valence-electron chi connectivity index (χ1n) is 11.8. The minimum absolute atomic E-state index is 0.114. The Labute approximate surface area is 232 Å². The first kappa shape index (κ1) is 29.4. The molecule has 0 heterocycles. The number of nitrogens with zero attached hydrogens (tertiary/aromatic N) is 2. The molecule has 0 fully saturated rings. The van der Waals surface area contributed by atoms with Crippen molar-refractivity contribution in [1.29, 1.82) is 0 Å². The molecule has 3 aromatic rings. The molecule has 0 aliphatic heterocycles. The second-order valence-electron chi connectivity index (χ2n) is 8.57. The third-order valence-corrected chi connectivity index (χ3v) is 8.40. The van der Waals surface area contributed by atoms with Gasteiger partial charge in [-0.3, -0.25) is 13.9 Å². The number of anilines is 1. The highest BCUT2D eigenvalue weighted by atomic mass is 35.5. The quantitative estimate of drug-likeness (QED) is 0.358. The van der Waals surface area contributed by atoms with E-state index in [9.17, 15) is 22.4 Å². The Morgan fingerprint density at radius 1 is 0.974 bits per heavy atom. The molecule has 1 atom stereocenters. The maximum Gasteiger partial charge on any atom is 0.264 e. The van der Waals surface area contributed by atoms with Crippen molar-refractivity contribution in [3.8, 4) is 0 Å². The number of aryl methyl sites for hydroxylation is 1. The lowest BCUT2D eigenvalue weighted by atomic mass is 10.1. The van der Waals surface area contributed by atoms with Gasteiger partial charge in [-0.1, -0.05) is 59.1 Å². The van der Waals surface area contributed by atoms with Crippen LogP contribution in [0.25, 0.3) is 0 Å². The van der Waals surface area contributed by atoms with Crippen molar-refractivity contribution in [3.05, 3.63) is 93.7 Å². The van der Waals surface area contributed by atoms with Crippen LogP contribution in [0.1, 0.15) is 25.0 Å². The zero-order chi connectivity index (χ0) is 28.0. The average molecular weight is 581 g/mol. The fourth-order valence-corrected chi connectivity index (χ4v) is 5.70. The number of likely N-dealkylation sites (N-methyl/N-ethyl adjacent to an activating group) is 1. The van der Waals surface area contributed by atoms with Gasteiger partial charge in [-0.15, -0.1) is 0 Å². The Kier molecular flexibility index (Phi) is 9.76. The van der Waals surface area contributed by atoms with Crippen LogP contribution in [0.2, 0.25) is 10.0 Å². The second-order valence-corrected chi connectivity index (χ2v) is 11.2. The molecule has 0 saturated heterocycles. The van der Waals surface area contributed by atoms with Crippen molar-refractivity contribution in [1.82, 2.24) is 10.2 Å². The van der Waals surface area contributed by atoms with Crippen LogP contribution in [-0.2, 0) is 26.2 Å². The van der Waals surface area contributed by atoms with Crippen molar-refractivity contribution in [2.24, 2.45) is 0 Å². The molecule has 0 aliphatic rings. The number of para-hydroxylation sites is 1. The maximum atomic E-state index is 14.9. The third kappa shape index (κ3) is 6.64. The summed E-state index contributed by atoms with van der Waals surface area (Å²) in [5, 5.41) is 3.21. The van der Waals surface area contributed by atoms with Crippen LogP contribution in [0.4, 0.5) is 10.1 Å². The van der Waals surface area contributed by atoms with Crippen molar-refractivity contribution in [2.45, 2.75) is 38.3 Å². The molecule has 0 bridgehead atoms. The first-order chi connectivity index (χ1) is 18.0. The third-order valence-electron chi connectivity index (χ3n) is 5.92. The molecule has 0 aromatic heterocycles. The number of benzene rings is 3. The summed E-state index contributed by atoms with van der Waals surface area (Å²) in [5.74, 6) is -2.03. The van der Waals surface area contributed by atoms with E-state index in [0.29, 0.717) is 16.4 Å². The zero-order valence-corrected chi connectivity index (χ0v) is 23.4. The molecule has 2 amide bonds. The standard InChI is InChI=1S/C27H28Cl2FN3O4S/c1-4-31-27(35)19(3)32(16-21-22(28)8-7-9-23(21)29)26(34)17-33(25-11-6-5-10-24(25)30)38(36,37)20-14-12-18(2)13-15-20/h5-15,19H,4,16-17H2,1-3H3,(H,31,35)/t19-/m0/s1. The predicted octanol–water partition coefficient (Wildman–Crippen LogP) is 5.19. The predicted molar refractivity (Wildman–Crippen MR) is 147 cm³/mol. The van der Waals surface area contributed by atoms with E-state index in [4.69, 9.17) is 23.2 Å². The summed E-state index contributed by atoms with van der Waals surface area (Å²) in [6.45, 7) is 4.41. The fraction of sp³-hybridized carbons (Fsp3) is 0.259. The smallest absolute Gasteiger partial charge is 0.264 e. The molecule has 7 nitrogen and oxygen atoms in total. The molecule has 38 heavy (non-hydrogen) atoms. The minimum Gasteiger partial charge on any atom is -0.355 e. The monoisotopic (exact) mass is 579 g/mol. The van der Waals surface area contributed by atoms with Gasteiger partial charge in [-0.2, -0.15) is 0 Å². The Morgan fingerprint density at radius 2 is 1.58 bits per heavy atom. The molecule has 202 valence electrons. The molecule has 0 unspecified atom stereocenters. The van der Waals surface area contributed by atoms with E-state index in [2.05, 4.69) is 5.32 Å². The van der Waals surface area contributed by atoms with Crippen LogP contribution in [0.5, 0.6) is 0 Å². The first-order valence-corrected chi connectivity index (χ1v) is 14.0. The van der Waals surface area contributed by atoms with Crippen LogP contribution in [0.15, 0.2) is 71.6 Å². The summed E-state index contributed by atoms with van der Waals surface area (Å²) in [4.78, 5) is 27.6. The van der Waals surface area contributed by atoms with Crippen LogP contribution >= 0.6 is 23.2 Å². The number of hydrogen-bond acceptors (Lipinski definition) is 4. The number of nitrogens with one attached hydrogen (secondary N) is 1. The lowest BCUT2D eigenvalue weighted by Crippen LogP contribution is -2.51. The van der Waals surface area contributed by atoms with Gasteiger partial charge in [0.05, 0.1) is 10.6 Å². The van der Waals surface area contributed by atoms with Gasteiger partial charge >= 0.3 is 0 Å². The van der Waals surface area contributed by atoms with Crippen molar-refractivity contribution < 1.29 is 22.4 Å². The molecule has 0 spiro atoms. The van der Waals surface area contributed by atoms with Crippen LogP contribution in [0.3, 0.4) is 0 Å². The second kappa shape index (κ2) is 12.6. The SMILES string of the molecule is CCNC(=O)[C@H](C)N(Cc1c(Cl)cccc1Cl)C(=O)CN(c1ccccc1F)S(=O)(=O)c1ccc(C)cc1. The summed E-state index contributed by atoms with van der Waals surface area (Å²) in [5.41, 5.74) is 0.915. The number of amides is 2. The lowest BCUT2D eigenvalue weighted by Gasteiger charge is -2.32. The highest BCUT2D eigenvalue weighted by Gasteiger charge is 2.34. The number of rotatable bonds is 10. The molecule has 0 saturated carbocycles. The molecule has 11 heteroatoms. The van der Waals surface area contributed by atoms with Crippen molar-refractivity contribution in [2.75, 3.05) is 17.4 Å². The average Bonchev–Trinajstić information content (AvgIpc) is 2.87. The van der Waals surface area contributed by atoms with E-state index in [-0.39, 0.29) is 27.2 Å². The number of carbonyl (C=O) groups is 2. The Hall–Kier alpha value is -3.14. The Balaban J connectivity index is 2.08. The van der Waals surface area contributed by atoms with Gasteiger partial charge in [0.2, 0.25) is 11.8 Å². The molecular formula is C27H28Cl2FN3O4S. The van der Waals surface area contributed by atoms with Gasteiger partial charge in [-0.05, 0) is 57.2 Å². The lowest BCUT2D eigenvalue weighted by molar-refractivity contribution is -0.139. The maximum absolute atomic E-state index is 14.9. The van der Waals surface area contributed by atoms with Gasteiger partial charge in [0.15, 0.2) is 0 Å². The molecule has 0 radical (unpaired) electrons. The molecular weight excluding hydrogens is 552 g/mol. The Bertz CT molecular complexity index is 1400.